The summed E-state index contributed by atoms with van der Waals surface area (Å²) in [6.07, 6.45) is 1.20. The second-order valence-electron chi connectivity index (χ2n) is 5.28. The highest BCUT2D eigenvalue weighted by Crippen LogP contribution is 2.25. The molecule has 0 aromatic heterocycles. The van der Waals surface area contributed by atoms with Gasteiger partial charge in [-0.15, -0.1) is 0 Å². The molecule has 2 atom stereocenters. The molecule has 1 aliphatic heterocycles. The van der Waals surface area contributed by atoms with E-state index in [1.807, 2.05) is 12.1 Å². The second kappa shape index (κ2) is 6.26. The summed E-state index contributed by atoms with van der Waals surface area (Å²) in [6, 6.07) is 7.19. The van der Waals surface area contributed by atoms with Crippen LogP contribution in [0, 0.1) is 0 Å². The maximum Gasteiger partial charge on any atom is 0.127 e. The number of nitrogens with one attached hydrogen (secondary N) is 1. The molecule has 1 aromatic rings. The molecule has 1 aromatic carbocycles. The molecule has 1 N–H and O–H groups in total. The second-order valence-corrected chi connectivity index (χ2v) is 5.28. The molecule has 1 heterocycles. The van der Waals surface area contributed by atoms with Crippen LogP contribution in [0.5, 0.6) is 11.5 Å². The van der Waals surface area contributed by atoms with Crippen LogP contribution in [0.2, 0.25) is 0 Å². The largest absolute Gasteiger partial charge is 0.497 e. The van der Waals surface area contributed by atoms with E-state index in [1.165, 1.54) is 12.0 Å². The summed E-state index contributed by atoms with van der Waals surface area (Å²) < 4.78 is 10.6. The minimum absolute atomic E-state index is 0.562. The smallest absolute Gasteiger partial charge is 0.127 e. The zero-order valence-electron chi connectivity index (χ0n) is 12.3. The summed E-state index contributed by atoms with van der Waals surface area (Å²) in [7, 11) is 5.55. The van der Waals surface area contributed by atoms with Crippen molar-refractivity contribution in [3.8, 4) is 11.5 Å². The minimum atomic E-state index is 0.562. The molecule has 106 valence electrons. The van der Waals surface area contributed by atoms with E-state index in [9.17, 15) is 0 Å². The van der Waals surface area contributed by atoms with Gasteiger partial charge in [0.05, 0.1) is 14.2 Å². The molecule has 1 fully saturated rings. The summed E-state index contributed by atoms with van der Waals surface area (Å²) in [5, 5.41) is 3.61. The zero-order valence-corrected chi connectivity index (χ0v) is 12.3. The molecule has 0 radical (unpaired) electrons. The molecule has 4 heteroatoms. The van der Waals surface area contributed by atoms with Gasteiger partial charge < -0.3 is 19.7 Å². The highest BCUT2D eigenvalue weighted by atomic mass is 16.5. The lowest BCUT2D eigenvalue weighted by atomic mass is 10.1. The van der Waals surface area contributed by atoms with Gasteiger partial charge in [-0.25, -0.2) is 0 Å². The minimum Gasteiger partial charge on any atom is -0.497 e. The average molecular weight is 264 g/mol. The predicted molar refractivity (Wildman–Crippen MR) is 76.9 cm³/mol. The molecule has 4 nitrogen and oxygen atoms in total. The Morgan fingerprint density at radius 3 is 2.68 bits per heavy atom. The Kier molecular flexibility index (Phi) is 4.66. The fourth-order valence-corrected chi connectivity index (χ4v) is 2.59. The maximum absolute atomic E-state index is 5.41. The average Bonchev–Trinajstić information content (AvgIpc) is 2.75. The number of methoxy groups -OCH3 is 2. The number of likely N-dealkylation sites (N-methyl/N-ethyl adjacent to an activating group) is 1. The van der Waals surface area contributed by atoms with Crippen LogP contribution in [-0.4, -0.2) is 44.8 Å². The van der Waals surface area contributed by atoms with E-state index in [0.717, 1.165) is 24.6 Å². The highest BCUT2D eigenvalue weighted by Gasteiger charge is 2.25. The van der Waals surface area contributed by atoms with Gasteiger partial charge in [0.15, 0.2) is 0 Å². The molecular formula is C15H24N2O2. The van der Waals surface area contributed by atoms with E-state index in [4.69, 9.17) is 9.47 Å². The van der Waals surface area contributed by atoms with Gasteiger partial charge in [0.2, 0.25) is 0 Å². The first kappa shape index (κ1) is 14.2. The van der Waals surface area contributed by atoms with Crippen molar-refractivity contribution in [3.05, 3.63) is 23.8 Å². The van der Waals surface area contributed by atoms with E-state index < -0.39 is 0 Å². The summed E-state index contributed by atoms with van der Waals surface area (Å²) >= 11 is 0. The summed E-state index contributed by atoms with van der Waals surface area (Å²) in [6.45, 7) is 4.22. The van der Waals surface area contributed by atoms with E-state index >= 15 is 0 Å². The fourth-order valence-electron chi connectivity index (χ4n) is 2.59. The van der Waals surface area contributed by atoms with Crippen LogP contribution >= 0.6 is 0 Å². The van der Waals surface area contributed by atoms with Gasteiger partial charge in [-0.1, -0.05) is 6.07 Å². The van der Waals surface area contributed by atoms with Crippen molar-refractivity contribution in [2.24, 2.45) is 0 Å². The Hall–Kier alpha value is -1.26. The van der Waals surface area contributed by atoms with Crippen LogP contribution in [0.25, 0.3) is 0 Å². The van der Waals surface area contributed by atoms with Gasteiger partial charge in [-0.2, -0.15) is 0 Å². The number of rotatable bonds is 5. The number of hydrogen-bond acceptors (Lipinski definition) is 4. The Morgan fingerprint density at radius 2 is 2.11 bits per heavy atom. The first-order valence-corrected chi connectivity index (χ1v) is 6.78. The first-order valence-electron chi connectivity index (χ1n) is 6.78. The van der Waals surface area contributed by atoms with Crippen molar-refractivity contribution >= 4 is 0 Å². The summed E-state index contributed by atoms with van der Waals surface area (Å²) in [5.41, 5.74) is 1.17. The molecule has 1 saturated heterocycles. The molecule has 0 saturated carbocycles. The van der Waals surface area contributed by atoms with Crippen molar-refractivity contribution in [2.45, 2.75) is 32.0 Å². The van der Waals surface area contributed by atoms with E-state index in [-0.39, 0.29) is 0 Å². The zero-order chi connectivity index (χ0) is 13.8. The number of benzene rings is 1. The molecule has 0 amide bonds. The lowest BCUT2D eigenvalue weighted by Gasteiger charge is -2.15. The maximum atomic E-state index is 5.41. The topological polar surface area (TPSA) is 33.7 Å². The first-order chi connectivity index (χ1) is 9.13. The van der Waals surface area contributed by atoms with Crippen LogP contribution in [0.1, 0.15) is 18.9 Å². The van der Waals surface area contributed by atoms with Gasteiger partial charge in [0.25, 0.3) is 0 Å². The lowest BCUT2D eigenvalue weighted by molar-refractivity contribution is 0.326. The third-order valence-electron chi connectivity index (χ3n) is 3.96. The van der Waals surface area contributed by atoms with Gasteiger partial charge in [-0.3, -0.25) is 0 Å². The fraction of sp³-hybridized carbons (Fsp3) is 0.600. The van der Waals surface area contributed by atoms with Gasteiger partial charge >= 0.3 is 0 Å². The third kappa shape index (κ3) is 3.39. The van der Waals surface area contributed by atoms with E-state index in [0.29, 0.717) is 12.1 Å². The molecule has 0 spiro atoms. The van der Waals surface area contributed by atoms with Gasteiger partial charge in [-0.05, 0) is 26.5 Å². The van der Waals surface area contributed by atoms with Crippen molar-refractivity contribution in [2.75, 3.05) is 27.8 Å². The van der Waals surface area contributed by atoms with Crippen LogP contribution < -0.4 is 14.8 Å². The van der Waals surface area contributed by atoms with Crippen molar-refractivity contribution in [1.29, 1.82) is 0 Å². The number of ether oxygens (including phenoxy) is 2. The quantitative estimate of drug-likeness (QED) is 0.880. The Bertz CT molecular complexity index is 413. The van der Waals surface area contributed by atoms with Crippen molar-refractivity contribution in [3.63, 3.8) is 0 Å². The summed E-state index contributed by atoms with van der Waals surface area (Å²) in [4.78, 5) is 2.39. The molecular weight excluding hydrogens is 240 g/mol. The highest BCUT2D eigenvalue weighted by molar-refractivity contribution is 5.40. The van der Waals surface area contributed by atoms with E-state index in [1.54, 1.807) is 14.2 Å². The van der Waals surface area contributed by atoms with Crippen LogP contribution in [0.15, 0.2) is 18.2 Å². The third-order valence-corrected chi connectivity index (χ3v) is 3.96. The monoisotopic (exact) mass is 264 g/mol. The Morgan fingerprint density at radius 1 is 1.32 bits per heavy atom. The number of hydrogen-bond donors (Lipinski definition) is 1. The van der Waals surface area contributed by atoms with E-state index in [2.05, 4.69) is 30.3 Å². The molecule has 2 rings (SSSR count). The predicted octanol–water partition coefficient (Wildman–Crippen LogP) is 1.89. The van der Waals surface area contributed by atoms with Crippen molar-refractivity contribution in [1.82, 2.24) is 10.2 Å². The van der Waals surface area contributed by atoms with Crippen LogP contribution in [0.4, 0.5) is 0 Å². The van der Waals surface area contributed by atoms with Crippen molar-refractivity contribution < 1.29 is 9.47 Å². The van der Waals surface area contributed by atoms with Crippen LogP contribution in [-0.2, 0) is 6.54 Å². The standard InChI is InChI=1S/C15H24N2O2/c1-11-7-13(10-17(11)2)16-9-12-5-6-14(18-3)8-15(12)19-4/h5-6,8,11,13,16H,7,9-10H2,1-4H3. The lowest BCUT2D eigenvalue weighted by Crippen LogP contribution is -2.31. The molecule has 19 heavy (non-hydrogen) atoms. The Balaban J connectivity index is 1.96. The normalized spacial score (nSPS) is 23.6. The molecule has 0 bridgehead atoms. The number of nitrogens with zero attached hydrogens (tertiary/aromatic N) is 1. The van der Waals surface area contributed by atoms with Gasteiger partial charge in [0.1, 0.15) is 11.5 Å². The molecule has 1 aliphatic rings. The Labute approximate surface area is 115 Å². The summed E-state index contributed by atoms with van der Waals surface area (Å²) in [5.74, 6) is 1.71. The molecule has 0 aliphatic carbocycles. The SMILES string of the molecule is COc1ccc(CNC2CC(C)N(C)C2)c(OC)c1. The van der Waals surface area contributed by atoms with Gasteiger partial charge in [0, 0.05) is 36.8 Å². The van der Waals surface area contributed by atoms with Crippen LogP contribution in [0.3, 0.4) is 0 Å². The molecule has 2 unspecified atom stereocenters. The number of likely N-dealkylation sites (tertiary alicyclic amines) is 1.